The van der Waals surface area contributed by atoms with Crippen LogP contribution in [0.2, 0.25) is 4.34 Å². The van der Waals surface area contributed by atoms with Gasteiger partial charge in [0.05, 0.1) is 4.34 Å². The van der Waals surface area contributed by atoms with Crippen LogP contribution in [0.1, 0.15) is 18.4 Å². The van der Waals surface area contributed by atoms with Gasteiger partial charge in [0.15, 0.2) is 0 Å². The van der Waals surface area contributed by atoms with Gasteiger partial charge in [-0.3, -0.25) is 0 Å². The van der Waals surface area contributed by atoms with Gasteiger partial charge in [0.1, 0.15) is 0 Å². The lowest BCUT2D eigenvalue weighted by Crippen LogP contribution is -2.21. The van der Waals surface area contributed by atoms with E-state index in [1.807, 2.05) is 0 Å². The van der Waals surface area contributed by atoms with Crippen molar-refractivity contribution in [1.29, 1.82) is 0 Å². The highest BCUT2D eigenvalue weighted by Crippen LogP contribution is 2.23. The molecule has 1 nitrogen and oxygen atoms in total. The van der Waals surface area contributed by atoms with E-state index in [0.29, 0.717) is 0 Å². The second-order valence-corrected chi connectivity index (χ2v) is 5.04. The maximum atomic E-state index is 6.03. The van der Waals surface area contributed by atoms with Crippen molar-refractivity contribution < 1.29 is 0 Å². The Hall–Kier alpha value is -0.0500. The maximum Gasteiger partial charge on any atom is 0.0960 e. The third-order valence-electron chi connectivity index (χ3n) is 2.59. The average molecular weight is 216 g/mol. The summed E-state index contributed by atoms with van der Waals surface area (Å²) >= 11 is 7.66. The Morgan fingerprint density at radius 1 is 1.38 bits per heavy atom. The highest BCUT2D eigenvalue weighted by atomic mass is 35.5. The molecule has 0 atom stereocenters. The van der Waals surface area contributed by atoms with Crippen LogP contribution in [0.25, 0.3) is 0 Å². The Morgan fingerprint density at radius 3 is 2.77 bits per heavy atom. The van der Waals surface area contributed by atoms with Gasteiger partial charge in [0.2, 0.25) is 0 Å². The number of nitrogens with zero attached hydrogens (tertiary/aromatic N) is 1. The summed E-state index contributed by atoms with van der Waals surface area (Å²) < 4.78 is 0.971. The predicted octanol–water partition coefficient (Wildman–Crippen LogP) is 3.04. The maximum absolute atomic E-state index is 6.03. The van der Waals surface area contributed by atoms with Crippen LogP contribution in [0.4, 0.5) is 0 Å². The lowest BCUT2D eigenvalue weighted by Gasteiger charge is -2.13. The van der Waals surface area contributed by atoms with Crippen LogP contribution in [-0.2, 0) is 6.42 Å². The fourth-order valence-corrected chi connectivity index (χ4v) is 2.77. The molecule has 0 spiro atoms. The molecule has 1 aromatic rings. The Kier molecular flexibility index (Phi) is 3.25. The number of halogens is 1. The number of hydrogen-bond donors (Lipinski definition) is 0. The summed E-state index contributed by atoms with van der Waals surface area (Å²) in [5.74, 6) is 0. The highest BCUT2D eigenvalue weighted by Gasteiger charge is 2.11. The van der Waals surface area contributed by atoms with E-state index in [0.717, 1.165) is 10.8 Å². The first-order valence-electron chi connectivity index (χ1n) is 4.80. The molecule has 0 N–H and O–H groups in total. The summed E-state index contributed by atoms with van der Waals surface area (Å²) in [4.78, 5) is 2.52. The van der Waals surface area contributed by atoms with Crippen molar-refractivity contribution in [2.45, 2.75) is 19.3 Å². The lowest BCUT2D eigenvalue weighted by atomic mass is 10.2. The minimum atomic E-state index is 0.971. The van der Waals surface area contributed by atoms with Crippen molar-refractivity contribution in [3.63, 3.8) is 0 Å². The van der Waals surface area contributed by atoms with Gasteiger partial charge in [-0.25, -0.2) is 0 Å². The van der Waals surface area contributed by atoms with Gasteiger partial charge in [0, 0.05) is 6.54 Å². The smallest absolute Gasteiger partial charge is 0.0960 e. The first-order chi connectivity index (χ1) is 6.36. The Balaban J connectivity index is 1.82. The van der Waals surface area contributed by atoms with Gasteiger partial charge in [-0.1, -0.05) is 11.6 Å². The molecule has 72 valence electrons. The molecule has 0 amide bonds. The zero-order valence-electron chi connectivity index (χ0n) is 7.63. The van der Waals surface area contributed by atoms with Crippen LogP contribution >= 0.6 is 22.9 Å². The first-order valence-corrected chi connectivity index (χ1v) is 6.06. The fraction of sp³-hybridized carbons (Fsp3) is 0.600. The normalized spacial score (nSPS) is 18.2. The van der Waals surface area contributed by atoms with E-state index in [1.54, 1.807) is 11.3 Å². The Morgan fingerprint density at radius 2 is 2.15 bits per heavy atom. The number of thiophene rings is 1. The van der Waals surface area contributed by atoms with Gasteiger partial charge >= 0.3 is 0 Å². The monoisotopic (exact) mass is 215 g/mol. The van der Waals surface area contributed by atoms with E-state index >= 15 is 0 Å². The van der Waals surface area contributed by atoms with Gasteiger partial charge in [-0.15, -0.1) is 11.3 Å². The summed E-state index contributed by atoms with van der Waals surface area (Å²) in [6.07, 6.45) is 3.86. The summed E-state index contributed by atoms with van der Waals surface area (Å²) in [6.45, 7) is 3.74. The standard InChI is InChI=1S/C10H14ClNS/c11-10-9(4-8-13-10)3-7-12-5-1-2-6-12/h4,8H,1-3,5-7H2. The summed E-state index contributed by atoms with van der Waals surface area (Å²) in [5, 5.41) is 2.07. The average Bonchev–Trinajstić information content (AvgIpc) is 2.72. The van der Waals surface area contributed by atoms with E-state index in [4.69, 9.17) is 11.6 Å². The van der Waals surface area contributed by atoms with Crippen LogP contribution in [0.15, 0.2) is 11.4 Å². The van der Waals surface area contributed by atoms with Crippen molar-refractivity contribution in [2.75, 3.05) is 19.6 Å². The van der Waals surface area contributed by atoms with E-state index in [2.05, 4.69) is 16.3 Å². The van der Waals surface area contributed by atoms with Crippen molar-refractivity contribution >= 4 is 22.9 Å². The third kappa shape index (κ3) is 2.46. The largest absolute Gasteiger partial charge is 0.303 e. The second kappa shape index (κ2) is 4.45. The minimum absolute atomic E-state index is 0.971. The molecule has 0 unspecified atom stereocenters. The Labute approximate surface area is 88.3 Å². The van der Waals surface area contributed by atoms with Gasteiger partial charge < -0.3 is 4.90 Å². The molecular weight excluding hydrogens is 202 g/mol. The van der Waals surface area contributed by atoms with E-state index < -0.39 is 0 Å². The van der Waals surface area contributed by atoms with Crippen molar-refractivity contribution in [3.8, 4) is 0 Å². The van der Waals surface area contributed by atoms with Gasteiger partial charge in [-0.2, -0.15) is 0 Å². The number of likely N-dealkylation sites (tertiary alicyclic amines) is 1. The molecule has 1 aliphatic heterocycles. The third-order valence-corrected chi connectivity index (χ3v) is 3.84. The zero-order chi connectivity index (χ0) is 9.10. The molecular formula is C10H14ClNS. The van der Waals surface area contributed by atoms with E-state index in [-0.39, 0.29) is 0 Å². The molecule has 2 heterocycles. The van der Waals surface area contributed by atoms with Crippen LogP contribution in [0.3, 0.4) is 0 Å². The summed E-state index contributed by atoms with van der Waals surface area (Å²) in [6, 6.07) is 2.14. The molecule has 0 aliphatic carbocycles. The molecule has 1 saturated heterocycles. The second-order valence-electron chi connectivity index (χ2n) is 3.52. The number of hydrogen-bond acceptors (Lipinski definition) is 2. The molecule has 1 fully saturated rings. The Bertz CT molecular complexity index is 266. The van der Waals surface area contributed by atoms with E-state index in [1.165, 1.54) is 38.0 Å². The lowest BCUT2D eigenvalue weighted by molar-refractivity contribution is 0.343. The van der Waals surface area contributed by atoms with Crippen LogP contribution < -0.4 is 0 Å². The zero-order valence-corrected chi connectivity index (χ0v) is 9.20. The molecule has 0 saturated carbocycles. The van der Waals surface area contributed by atoms with Crippen LogP contribution in [0, 0.1) is 0 Å². The SMILES string of the molecule is Clc1sccc1CCN1CCCC1. The number of rotatable bonds is 3. The van der Waals surface area contributed by atoms with Crippen molar-refractivity contribution in [3.05, 3.63) is 21.3 Å². The van der Waals surface area contributed by atoms with Crippen molar-refractivity contribution in [1.82, 2.24) is 4.90 Å². The van der Waals surface area contributed by atoms with Crippen molar-refractivity contribution in [2.24, 2.45) is 0 Å². The van der Waals surface area contributed by atoms with E-state index in [9.17, 15) is 0 Å². The molecule has 3 heteroatoms. The molecule has 1 aromatic heterocycles. The fourth-order valence-electron chi connectivity index (χ4n) is 1.78. The molecule has 1 aliphatic rings. The predicted molar refractivity (Wildman–Crippen MR) is 58.7 cm³/mol. The quantitative estimate of drug-likeness (QED) is 0.749. The first kappa shape index (κ1) is 9.50. The molecule has 0 aromatic carbocycles. The highest BCUT2D eigenvalue weighted by molar-refractivity contribution is 7.14. The summed E-state index contributed by atoms with van der Waals surface area (Å²) in [5.41, 5.74) is 1.32. The minimum Gasteiger partial charge on any atom is -0.303 e. The van der Waals surface area contributed by atoms with Gasteiger partial charge in [-0.05, 0) is 49.4 Å². The van der Waals surface area contributed by atoms with Gasteiger partial charge in [0.25, 0.3) is 0 Å². The molecule has 0 radical (unpaired) electrons. The molecule has 2 rings (SSSR count). The van der Waals surface area contributed by atoms with Crippen LogP contribution in [-0.4, -0.2) is 24.5 Å². The van der Waals surface area contributed by atoms with Crippen LogP contribution in [0.5, 0.6) is 0 Å². The molecule has 0 bridgehead atoms. The molecule has 13 heavy (non-hydrogen) atoms. The topological polar surface area (TPSA) is 3.24 Å². The summed E-state index contributed by atoms with van der Waals surface area (Å²) in [7, 11) is 0.